The summed E-state index contributed by atoms with van der Waals surface area (Å²) in [7, 11) is 0. The molecule has 0 spiro atoms. The second-order valence-electron chi connectivity index (χ2n) is 4.16. The van der Waals surface area contributed by atoms with Crippen LogP contribution in [0.15, 0.2) is 36.4 Å². The predicted octanol–water partition coefficient (Wildman–Crippen LogP) is 5.40. The zero-order valence-corrected chi connectivity index (χ0v) is 13.0. The molecular formula is C14H11ClF2IN. The number of rotatable bonds is 3. The van der Waals surface area contributed by atoms with E-state index in [0.29, 0.717) is 10.6 Å². The fourth-order valence-electron chi connectivity index (χ4n) is 1.77. The largest absolute Gasteiger partial charge is 0.378 e. The summed E-state index contributed by atoms with van der Waals surface area (Å²) in [6.45, 7) is 1.82. The van der Waals surface area contributed by atoms with Gasteiger partial charge in [-0.25, -0.2) is 8.78 Å². The van der Waals surface area contributed by atoms with Gasteiger partial charge in [0.05, 0.1) is 6.04 Å². The lowest BCUT2D eigenvalue weighted by Gasteiger charge is -2.17. The highest BCUT2D eigenvalue weighted by Gasteiger charge is 2.12. The smallest absolute Gasteiger partial charge is 0.131 e. The van der Waals surface area contributed by atoms with Crippen molar-refractivity contribution in [2.45, 2.75) is 13.0 Å². The van der Waals surface area contributed by atoms with Crippen molar-refractivity contribution < 1.29 is 8.78 Å². The van der Waals surface area contributed by atoms with Gasteiger partial charge in [-0.3, -0.25) is 0 Å². The maximum absolute atomic E-state index is 13.7. The number of hydrogen-bond donors (Lipinski definition) is 1. The molecule has 0 radical (unpaired) electrons. The Labute approximate surface area is 129 Å². The third-order valence-corrected chi connectivity index (χ3v) is 3.86. The first kappa shape index (κ1) is 14.5. The molecule has 2 rings (SSSR count). The van der Waals surface area contributed by atoms with Crippen molar-refractivity contribution in [2.75, 3.05) is 5.32 Å². The average molecular weight is 394 g/mol. The SMILES string of the molecule is CC(Nc1ccc(Cl)cc1I)c1ccc(F)cc1F. The van der Waals surface area contributed by atoms with Crippen LogP contribution in [0, 0.1) is 15.2 Å². The Morgan fingerprint density at radius 1 is 1.16 bits per heavy atom. The quantitative estimate of drug-likeness (QED) is 0.689. The van der Waals surface area contributed by atoms with Gasteiger partial charge in [-0.15, -0.1) is 0 Å². The third kappa shape index (κ3) is 3.57. The standard InChI is InChI=1S/C14H11ClF2IN/c1-8(11-4-3-10(16)7-12(11)17)19-14-5-2-9(15)6-13(14)18/h2-8,19H,1H3. The summed E-state index contributed by atoms with van der Waals surface area (Å²) in [4.78, 5) is 0. The number of benzene rings is 2. The zero-order valence-electron chi connectivity index (χ0n) is 10.1. The molecular weight excluding hydrogens is 383 g/mol. The molecule has 1 atom stereocenters. The molecule has 0 saturated carbocycles. The van der Waals surface area contributed by atoms with Crippen molar-refractivity contribution in [1.82, 2.24) is 0 Å². The van der Waals surface area contributed by atoms with Gasteiger partial charge in [0.15, 0.2) is 0 Å². The topological polar surface area (TPSA) is 12.0 Å². The molecule has 0 fully saturated rings. The highest BCUT2D eigenvalue weighted by atomic mass is 127. The van der Waals surface area contributed by atoms with E-state index >= 15 is 0 Å². The molecule has 0 amide bonds. The predicted molar refractivity (Wildman–Crippen MR) is 82.6 cm³/mol. The van der Waals surface area contributed by atoms with Crippen LogP contribution in [0.25, 0.3) is 0 Å². The minimum Gasteiger partial charge on any atom is -0.378 e. The molecule has 19 heavy (non-hydrogen) atoms. The van der Waals surface area contributed by atoms with E-state index in [4.69, 9.17) is 11.6 Å². The van der Waals surface area contributed by atoms with Gasteiger partial charge >= 0.3 is 0 Å². The summed E-state index contributed by atoms with van der Waals surface area (Å²) in [5.41, 5.74) is 1.29. The first-order chi connectivity index (χ1) is 8.97. The second kappa shape index (κ2) is 6.05. The number of halogens is 4. The van der Waals surface area contributed by atoms with Crippen LogP contribution in [-0.4, -0.2) is 0 Å². The molecule has 5 heteroatoms. The molecule has 1 nitrogen and oxygen atoms in total. The molecule has 0 bridgehead atoms. The van der Waals surface area contributed by atoms with Crippen molar-refractivity contribution >= 4 is 39.9 Å². The van der Waals surface area contributed by atoms with Gasteiger partial charge in [0.25, 0.3) is 0 Å². The maximum atomic E-state index is 13.7. The van der Waals surface area contributed by atoms with Crippen LogP contribution in [0.1, 0.15) is 18.5 Å². The molecule has 2 aromatic carbocycles. The minimum atomic E-state index is -0.575. The molecule has 100 valence electrons. The Hall–Kier alpha value is -0.880. The molecule has 0 aliphatic heterocycles. The Morgan fingerprint density at radius 3 is 2.53 bits per heavy atom. The van der Waals surface area contributed by atoms with Crippen LogP contribution >= 0.6 is 34.2 Å². The molecule has 2 aromatic rings. The Bertz CT molecular complexity index is 604. The Kier molecular flexibility index (Phi) is 4.62. The summed E-state index contributed by atoms with van der Waals surface area (Å²) in [5.74, 6) is -1.13. The summed E-state index contributed by atoms with van der Waals surface area (Å²) >= 11 is 8.03. The summed E-state index contributed by atoms with van der Waals surface area (Å²) in [6, 6.07) is 8.74. The summed E-state index contributed by atoms with van der Waals surface area (Å²) < 4.78 is 27.5. The fraction of sp³-hybridized carbons (Fsp3) is 0.143. The van der Waals surface area contributed by atoms with Gasteiger partial charge in [-0.2, -0.15) is 0 Å². The van der Waals surface area contributed by atoms with Crippen LogP contribution in [-0.2, 0) is 0 Å². The zero-order chi connectivity index (χ0) is 14.0. The van der Waals surface area contributed by atoms with Crippen molar-refractivity contribution in [3.63, 3.8) is 0 Å². The van der Waals surface area contributed by atoms with Gasteiger partial charge in [-0.1, -0.05) is 17.7 Å². The molecule has 0 saturated heterocycles. The van der Waals surface area contributed by atoms with Gasteiger partial charge in [0, 0.05) is 25.9 Å². The van der Waals surface area contributed by atoms with Crippen molar-refractivity contribution in [3.8, 4) is 0 Å². The summed E-state index contributed by atoms with van der Waals surface area (Å²) in [5, 5.41) is 3.83. The number of nitrogens with one attached hydrogen (secondary N) is 1. The lowest BCUT2D eigenvalue weighted by Crippen LogP contribution is -2.09. The van der Waals surface area contributed by atoms with Gasteiger partial charge < -0.3 is 5.32 Å². The van der Waals surface area contributed by atoms with E-state index in [-0.39, 0.29) is 6.04 Å². The monoisotopic (exact) mass is 393 g/mol. The van der Waals surface area contributed by atoms with E-state index in [0.717, 1.165) is 15.3 Å². The van der Waals surface area contributed by atoms with E-state index in [1.54, 1.807) is 6.07 Å². The van der Waals surface area contributed by atoms with Gasteiger partial charge in [-0.05, 0) is 53.8 Å². The first-order valence-electron chi connectivity index (χ1n) is 5.64. The van der Waals surface area contributed by atoms with Crippen LogP contribution in [0.4, 0.5) is 14.5 Å². The van der Waals surface area contributed by atoms with Crippen molar-refractivity contribution in [2.24, 2.45) is 0 Å². The van der Waals surface area contributed by atoms with E-state index in [2.05, 4.69) is 27.9 Å². The molecule has 0 aromatic heterocycles. The molecule has 0 aliphatic rings. The second-order valence-corrected chi connectivity index (χ2v) is 5.75. The van der Waals surface area contributed by atoms with Crippen molar-refractivity contribution in [1.29, 1.82) is 0 Å². The Balaban J connectivity index is 2.23. The fourth-order valence-corrected chi connectivity index (χ4v) is 2.80. The molecule has 1 unspecified atom stereocenters. The van der Waals surface area contributed by atoms with Crippen LogP contribution < -0.4 is 5.32 Å². The van der Waals surface area contributed by atoms with Crippen molar-refractivity contribution in [3.05, 3.63) is 62.2 Å². The molecule has 1 N–H and O–H groups in total. The Morgan fingerprint density at radius 2 is 1.89 bits per heavy atom. The molecule has 0 aliphatic carbocycles. The summed E-state index contributed by atoms with van der Waals surface area (Å²) in [6.07, 6.45) is 0. The van der Waals surface area contributed by atoms with E-state index in [1.807, 2.05) is 19.1 Å². The lowest BCUT2D eigenvalue weighted by molar-refractivity contribution is 0.566. The van der Waals surface area contributed by atoms with Gasteiger partial charge in [0.2, 0.25) is 0 Å². The van der Waals surface area contributed by atoms with E-state index in [1.165, 1.54) is 12.1 Å². The van der Waals surface area contributed by atoms with Crippen LogP contribution in [0.5, 0.6) is 0 Å². The average Bonchev–Trinajstić information content (AvgIpc) is 2.32. The van der Waals surface area contributed by atoms with E-state index in [9.17, 15) is 8.78 Å². The minimum absolute atomic E-state index is 0.268. The molecule has 0 heterocycles. The third-order valence-electron chi connectivity index (χ3n) is 2.73. The highest BCUT2D eigenvalue weighted by Crippen LogP contribution is 2.27. The highest BCUT2D eigenvalue weighted by molar-refractivity contribution is 14.1. The number of hydrogen-bond acceptors (Lipinski definition) is 1. The first-order valence-corrected chi connectivity index (χ1v) is 7.09. The maximum Gasteiger partial charge on any atom is 0.131 e. The number of anilines is 1. The van der Waals surface area contributed by atoms with Crippen LogP contribution in [0.3, 0.4) is 0 Å². The normalized spacial score (nSPS) is 12.3. The van der Waals surface area contributed by atoms with Crippen LogP contribution in [0.2, 0.25) is 5.02 Å². The van der Waals surface area contributed by atoms with E-state index < -0.39 is 11.6 Å². The lowest BCUT2D eigenvalue weighted by atomic mass is 10.1. The van der Waals surface area contributed by atoms with Gasteiger partial charge in [0.1, 0.15) is 11.6 Å².